The number of thiazole rings is 1. The first-order chi connectivity index (χ1) is 9.53. The predicted molar refractivity (Wildman–Crippen MR) is 77.4 cm³/mol. The molecule has 0 aliphatic rings. The number of rotatable bonds is 6. The van der Waals surface area contributed by atoms with E-state index in [4.69, 9.17) is 0 Å². The number of pyridine rings is 1. The average molecular weight is 314 g/mol. The van der Waals surface area contributed by atoms with Crippen LogP contribution in [-0.2, 0) is 16.6 Å². The van der Waals surface area contributed by atoms with Gasteiger partial charge in [0.15, 0.2) is 0 Å². The van der Waals surface area contributed by atoms with E-state index in [2.05, 4.69) is 20.0 Å². The smallest absolute Gasteiger partial charge is 0.304 e. The summed E-state index contributed by atoms with van der Waals surface area (Å²) in [5.74, 6) is 0. The van der Waals surface area contributed by atoms with Crippen molar-refractivity contribution in [3.63, 3.8) is 0 Å². The molecule has 0 radical (unpaired) electrons. The summed E-state index contributed by atoms with van der Waals surface area (Å²) in [5, 5.41) is 4.55. The van der Waals surface area contributed by atoms with Crippen molar-refractivity contribution in [3.05, 3.63) is 39.2 Å². The van der Waals surface area contributed by atoms with Gasteiger partial charge in [-0.25, -0.2) is 13.1 Å². The molecule has 3 N–H and O–H groups in total. The van der Waals surface area contributed by atoms with Gasteiger partial charge in [0.2, 0.25) is 10.0 Å². The summed E-state index contributed by atoms with van der Waals surface area (Å²) >= 11 is 0.991. The van der Waals surface area contributed by atoms with E-state index in [0.29, 0.717) is 17.9 Å². The van der Waals surface area contributed by atoms with Crippen LogP contribution in [0.2, 0.25) is 0 Å². The summed E-state index contributed by atoms with van der Waals surface area (Å²) in [6.45, 7) is 2.51. The molecule has 2 aromatic rings. The van der Waals surface area contributed by atoms with Gasteiger partial charge in [0.25, 0.3) is 0 Å². The lowest BCUT2D eigenvalue weighted by Gasteiger charge is -2.11. The molecule has 0 amide bonds. The first-order valence-corrected chi connectivity index (χ1v) is 8.23. The molecule has 0 aromatic carbocycles. The second kappa shape index (κ2) is 6.16. The highest BCUT2D eigenvalue weighted by atomic mass is 32.2. The highest BCUT2D eigenvalue weighted by Gasteiger charge is 2.18. The zero-order chi connectivity index (χ0) is 14.6. The van der Waals surface area contributed by atoms with Gasteiger partial charge in [-0.15, -0.1) is 0 Å². The van der Waals surface area contributed by atoms with Crippen molar-refractivity contribution >= 4 is 27.0 Å². The summed E-state index contributed by atoms with van der Waals surface area (Å²) in [5.41, 5.74) is 1.02. The Kier molecular flexibility index (Phi) is 4.53. The first-order valence-electron chi connectivity index (χ1n) is 5.87. The van der Waals surface area contributed by atoms with Crippen LogP contribution in [0.15, 0.2) is 33.5 Å². The lowest BCUT2D eigenvalue weighted by atomic mass is 10.4. The Hall–Kier alpha value is -1.71. The summed E-state index contributed by atoms with van der Waals surface area (Å²) in [6.07, 6.45) is 2.81. The largest absolute Gasteiger partial charge is 0.384 e. The third kappa shape index (κ3) is 3.44. The van der Waals surface area contributed by atoms with Crippen molar-refractivity contribution in [2.75, 3.05) is 11.9 Å². The van der Waals surface area contributed by atoms with Gasteiger partial charge in [0.1, 0.15) is 4.90 Å². The molecule has 0 atom stereocenters. The van der Waals surface area contributed by atoms with Gasteiger partial charge >= 0.3 is 4.87 Å². The van der Waals surface area contributed by atoms with Crippen LogP contribution in [-0.4, -0.2) is 24.9 Å². The van der Waals surface area contributed by atoms with Crippen molar-refractivity contribution in [1.82, 2.24) is 14.7 Å². The minimum atomic E-state index is -3.69. The van der Waals surface area contributed by atoms with E-state index in [1.807, 2.05) is 6.92 Å². The van der Waals surface area contributed by atoms with Crippen LogP contribution >= 0.6 is 11.3 Å². The molecule has 20 heavy (non-hydrogen) atoms. The van der Waals surface area contributed by atoms with Crippen LogP contribution in [0, 0.1) is 0 Å². The van der Waals surface area contributed by atoms with Gasteiger partial charge in [0, 0.05) is 30.0 Å². The van der Waals surface area contributed by atoms with Crippen molar-refractivity contribution in [1.29, 1.82) is 0 Å². The van der Waals surface area contributed by atoms with Crippen LogP contribution in [0.3, 0.4) is 0 Å². The molecule has 2 heterocycles. The maximum Gasteiger partial charge on any atom is 0.304 e. The number of aromatic nitrogens is 2. The highest BCUT2D eigenvalue weighted by Crippen LogP contribution is 2.19. The molecule has 2 aromatic heterocycles. The van der Waals surface area contributed by atoms with Crippen LogP contribution in [0.5, 0.6) is 0 Å². The summed E-state index contributed by atoms with van der Waals surface area (Å²) < 4.78 is 26.9. The number of sulfonamides is 1. The average Bonchev–Trinajstić information content (AvgIpc) is 2.83. The summed E-state index contributed by atoms with van der Waals surface area (Å²) in [6, 6.07) is 1.60. The van der Waals surface area contributed by atoms with Crippen molar-refractivity contribution in [3.8, 4) is 0 Å². The van der Waals surface area contributed by atoms with E-state index in [-0.39, 0.29) is 16.3 Å². The Morgan fingerprint density at radius 1 is 1.45 bits per heavy atom. The molecule has 0 saturated heterocycles. The van der Waals surface area contributed by atoms with E-state index in [1.165, 1.54) is 12.4 Å². The van der Waals surface area contributed by atoms with Gasteiger partial charge in [-0.2, -0.15) is 0 Å². The fourth-order valence-corrected chi connectivity index (χ4v) is 3.29. The number of nitrogens with one attached hydrogen (secondary N) is 3. The third-order valence-corrected chi connectivity index (χ3v) is 4.61. The van der Waals surface area contributed by atoms with E-state index in [9.17, 15) is 13.2 Å². The Labute approximate surface area is 120 Å². The Morgan fingerprint density at radius 2 is 2.25 bits per heavy atom. The quantitative estimate of drug-likeness (QED) is 0.729. The van der Waals surface area contributed by atoms with Gasteiger partial charge in [-0.1, -0.05) is 11.3 Å². The second-order valence-corrected chi connectivity index (χ2v) is 6.48. The fraction of sp³-hybridized carbons (Fsp3) is 0.273. The number of hydrogen-bond acceptors (Lipinski definition) is 6. The number of hydrogen-bond donors (Lipinski definition) is 3. The summed E-state index contributed by atoms with van der Waals surface area (Å²) in [7, 11) is -3.69. The predicted octanol–water partition coefficient (Wildman–Crippen LogP) is 0.742. The van der Waals surface area contributed by atoms with Crippen molar-refractivity contribution in [2.45, 2.75) is 18.4 Å². The third-order valence-electron chi connectivity index (χ3n) is 2.46. The van der Waals surface area contributed by atoms with Gasteiger partial charge in [0.05, 0.1) is 12.2 Å². The lowest BCUT2D eigenvalue weighted by molar-refractivity contribution is 0.580. The van der Waals surface area contributed by atoms with Crippen LogP contribution in [0.4, 0.5) is 5.69 Å². The van der Waals surface area contributed by atoms with Crippen LogP contribution in [0.25, 0.3) is 0 Å². The van der Waals surface area contributed by atoms with Gasteiger partial charge in [-0.05, 0) is 13.0 Å². The molecule has 0 aliphatic carbocycles. The maximum absolute atomic E-state index is 12.2. The highest BCUT2D eigenvalue weighted by molar-refractivity contribution is 7.89. The molecule has 0 saturated carbocycles. The topological polar surface area (TPSA) is 104 Å². The van der Waals surface area contributed by atoms with Gasteiger partial charge in [-0.3, -0.25) is 9.78 Å². The SMILES string of the molecule is CCNc1ccncc1S(=O)(=O)NCc1csc(=O)[nH]1. The molecule has 7 nitrogen and oxygen atoms in total. The van der Waals surface area contributed by atoms with E-state index in [0.717, 1.165) is 11.3 Å². The Balaban J connectivity index is 2.20. The molecular weight excluding hydrogens is 300 g/mol. The summed E-state index contributed by atoms with van der Waals surface area (Å²) in [4.78, 5) is 17.2. The molecule has 0 aliphatic heterocycles. The number of nitrogens with zero attached hydrogens (tertiary/aromatic N) is 1. The van der Waals surface area contributed by atoms with E-state index in [1.54, 1.807) is 11.4 Å². The first kappa shape index (κ1) is 14.7. The van der Waals surface area contributed by atoms with Gasteiger partial charge < -0.3 is 10.3 Å². The number of aromatic amines is 1. The minimum absolute atomic E-state index is 0.0293. The number of anilines is 1. The van der Waals surface area contributed by atoms with Crippen molar-refractivity contribution in [2.24, 2.45) is 0 Å². The lowest BCUT2D eigenvalue weighted by Crippen LogP contribution is -2.25. The van der Waals surface area contributed by atoms with E-state index < -0.39 is 10.0 Å². The maximum atomic E-state index is 12.2. The Morgan fingerprint density at radius 3 is 2.90 bits per heavy atom. The normalized spacial score (nSPS) is 11.4. The molecule has 2 rings (SSSR count). The monoisotopic (exact) mass is 314 g/mol. The minimum Gasteiger partial charge on any atom is -0.384 e. The van der Waals surface area contributed by atoms with Crippen molar-refractivity contribution < 1.29 is 8.42 Å². The zero-order valence-electron chi connectivity index (χ0n) is 10.7. The molecule has 0 unspecified atom stereocenters. The second-order valence-electron chi connectivity index (χ2n) is 3.90. The molecule has 108 valence electrons. The molecule has 0 bridgehead atoms. The Bertz CT molecular complexity index is 736. The number of H-pyrrole nitrogens is 1. The van der Waals surface area contributed by atoms with Crippen LogP contribution < -0.4 is 14.9 Å². The fourth-order valence-electron chi connectivity index (χ4n) is 1.58. The zero-order valence-corrected chi connectivity index (χ0v) is 12.3. The molecule has 0 spiro atoms. The van der Waals surface area contributed by atoms with Crippen LogP contribution in [0.1, 0.15) is 12.6 Å². The molecule has 0 fully saturated rings. The standard InChI is InChI=1S/C11H14N4O3S2/c1-2-13-9-3-4-12-6-10(9)20(17,18)14-5-8-7-19-11(16)15-8/h3-4,6-7,14H,2,5H2,1H3,(H,12,13)(H,15,16). The molecular formula is C11H14N4O3S2. The van der Waals surface area contributed by atoms with E-state index >= 15 is 0 Å². The molecule has 9 heteroatoms.